The van der Waals surface area contributed by atoms with E-state index in [9.17, 15) is 14.4 Å². The van der Waals surface area contributed by atoms with Gasteiger partial charge in [-0.2, -0.15) is 0 Å². The van der Waals surface area contributed by atoms with Crippen molar-refractivity contribution in [3.8, 4) is 0 Å². The van der Waals surface area contributed by atoms with Gasteiger partial charge < -0.3 is 14.2 Å². The van der Waals surface area contributed by atoms with E-state index in [2.05, 4.69) is 93.7 Å². The van der Waals surface area contributed by atoms with Crippen molar-refractivity contribution >= 4 is 17.9 Å². The van der Waals surface area contributed by atoms with Crippen LogP contribution in [-0.2, 0) is 28.6 Å². The molecule has 0 saturated carbocycles. The summed E-state index contributed by atoms with van der Waals surface area (Å²) in [5.41, 5.74) is 0. The molecule has 0 aromatic carbocycles. The first kappa shape index (κ1) is 75.8. The number of ether oxygens (including phenoxy) is 3. The van der Waals surface area contributed by atoms with Gasteiger partial charge >= 0.3 is 17.9 Å². The molecule has 0 amide bonds. The second-order valence-corrected chi connectivity index (χ2v) is 23.1. The van der Waals surface area contributed by atoms with E-state index < -0.39 is 6.10 Å². The van der Waals surface area contributed by atoms with Crippen LogP contribution in [0.5, 0.6) is 0 Å². The normalized spacial score (nSPS) is 12.5. The molecule has 0 aliphatic carbocycles. The number of hydrogen-bond donors (Lipinski definition) is 0. The lowest BCUT2D eigenvalue weighted by molar-refractivity contribution is -0.167. The van der Waals surface area contributed by atoms with E-state index in [4.69, 9.17) is 14.2 Å². The highest BCUT2D eigenvalue weighted by molar-refractivity contribution is 5.71. The van der Waals surface area contributed by atoms with Gasteiger partial charge in [-0.3, -0.25) is 14.4 Å². The fraction of sp³-hybridized carbons (Fsp3) is 0.795. The van der Waals surface area contributed by atoms with Crippen LogP contribution in [-0.4, -0.2) is 37.2 Å². The van der Waals surface area contributed by atoms with E-state index in [-0.39, 0.29) is 31.1 Å². The van der Waals surface area contributed by atoms with Crippen LogP contribution in [0.15, 0.2) is 72.9 Å². The first-order chi connectivity index (χ1) is 39.0. The van der Waals surface area contributed by atoms with Gasteiger partial charge in [-0.25, -0.2) is 0 Å². The topological polar surface area (TPSA) is 78.9 Å². The quantitative estimate of drug-likeness (QED) is 0.0261. The maximum absolute atomic E-state index is 12.9. The van der Waals surface area contributed by atoms with Crippen LogP contribution >= 0.6 is 0 Å². The van der Waals surface area contributed by atoms with Crippen LogP contribution in [0.4, 0.5) is 0 Å². The van der Waals surface area contributed by atoms with E-state index in [1.54, 1.807) is 0 Å². The highest BCUT2D eigenvalue weighted by atomic mass is 16.6. The Morgan fingerprint density at radius 3 is 0.810 bits per heavy atom. The molecule has 0 aromatic heterocycles. The molecule has 6 heteroatoms. The van der Waals surface area contributed by atoms with Crippen molar-refractivity contribution in [2.45, 2.75) is 361 Å². The molecule has 0 heterocycles. The molecule has 0 aromatic rings. The average Bonchev–Trinajstić information content (AvgIpc) is 3.45. The van der Waals surface area contributed by atoms with Crippen molar-refractivity contribution in [3.05, 3.63) is 72.9 Å². The number of carbonyl (C=O) groups excluding carboxylic acids is 3. The Labute approximate surface area is 491 Å². The van der Waals surface area contributed by atoms with E-state index in [1.807, 2.05) is 0 Å². The summed E-state index contributed by atoms with van der Waals surface area (Å²) in [5, 5.41) is 0. The lowest BCUT2D eigenvalue weighted by atomic mass is 10.0. The summed E-state index contributed by atoms with van der Waals surface area (Å²) in [7, 11) is 0. The monoisotopic (exact) mass is 1100 g/mol. The summed E-state index contributed by atoms with van der Waals surface area (Å²) >= 11 is 0. The molecule has 0 N–H and O–H groups in total. The molecule has 0 saturated heterocycles. The largest absolute Gasteiger partial charge is 0.462 e. The molecular weight excluding hydrogens is 973 g/mol. The third kappa shape index (κ3) is 65.5. The van der Waals surface area contributed by atoms with Crippen LogP contribution in [0.3, 0.4) is 0 Å². The maximum atomic E-state index is 12.9. The molecule has 6 nitrogen and oxygen atoms in total. The number of allylic oxidation sites excluding steroid dienone is 12. The molecule has 0 fully saturated rings. The van der Waals surface area contributed by atoms with Crippen molar-refractivity contribution in [2.24, 2.45) is 0 Å². The van der Waals surface area contributed by atoms with Gasteiger partial charge in [-0.1, -0.05) is 325 Å². The molecule has 0 aliphatic heterocycles. The average molecular weight is 1100 g/mol. The molecule has 458 valence electrons. The fourth-order valence-electron chi connectivity index (χ4n) is 10.0. The molecule has 0 rings (SSSR count). The zero-order valence-corrected chi connectivity index (χ0v) is 52.6. The summed E-state index contributed by atoms with van der Waals surface area (Å²) < 4.78 is 17.0. The number of esters is 3. The Kier molecular flexibility index (Phi) is 64.7. The van der Waals surface area contributed by atoms with Crippen LogP contribution in [0.25, 0.3) is 0 Å². The zero-order chi connectivity index (χ0) is 57.1. The van der Waals surface area contributed by atoms with Gasteiger partial charge in [0.25, 0.3) is 0 Å². The van der Waals surface area contributed by atoms with Gasteiger partial charge in [0.15, 0.2) is 6.10 Å². The predicted molar refractivity (Wildman–Crippen MR) is 344 cm³/mol. The van der Waals surface area contributed by atoms with E-state index in [0.29, 0.717) is 19.3 Å². The van der Waals surface area contributed by atoms with E-state index in [0.717, 1.165) is 103 Å². The molecule has 79 heavy (non-hydrogen) atoms. The highest BCUT2D eigenvalue weighted by Gasteiger charge is 2.19. The third-order valence-electron chi connectivity index (χ3n) is 15.2. The first-order valence-corrected chi connectivity index (χ1v) is 34.4. The van der Waals surface area contributed by atoms with Gasteiger partial charge in [-0.15, -0.1) is 0 Å². The Bertz CT molecular complexity index is 1450. The van der Waals surface area contributed by atoms with Crippen molar-refractivity contribution < 1.29 is 28.6 Å². The molecule has 0 radical (unpaired) electrons. The number of unbranched alkanes of at least 4 members (excludes halogenated alkanes) is 40. The maximum Gasteiger partial charge on any atom is 0.306 e. The second kappa shape index (κ2) is 67.4. The van der Waals surface area contributed by atoms with Crippen molar-refractivity contribution in [3.63, 3.8) is 0 Å². The second-order valence-electron chi connectivity index (χ2n) is 23.1. The fourth-order valence-corrected chi connectivity index (χ4v) is 10.0. The summed E-state index contributed by atoms with van der Waals surface area (Å²) in [6.45, 7) is 6.53. The number of carbonyl (C=O) groups is 3. The summed E-state index contributed by atoms with van der Waals surface area (Å²) in [4.78, 5) is 38.4. The Morgan fingerprint density at radius 2 is 0.506 bits per heavy atom. The minimum Gasteiger partial charge on any atom is -0.462 e. The van der Waals surface area contributed by atoms with E-state index in [1.165, 1.54) is 212 Å². The van der Waals surface area contributed by atoms with Crippen LogP contribution in [0.2, 0.25) is 0 Å². The molecule has 0 bridgehead atoms. The number of rotatable bonds is 63. The highest BCUT2D eigenvalue weighted by Crippen LogP contribution is 2.18. The molecule has 0 spiro atoms. The molecular formula is C73H130O6. The van der Waals surface area contributed by atoms with Crippen molar-refractivity contribution in [1.29, 1.82) is 0 Å². The zero-order valence-electron chi connectivity index (χ0n) is 52.6. The van der Waals surface area contributed by atoms with Crippen molar-refractivity contribution in [2.75, 3.05) is 13.2 Å². The lowest BCUT2D eigenvalue weighted by Crippen LogP contribution is -2.30. The smallest absolute Gasteiger partial charge is 0.306 e. The summed E-state index contributed by atoms with van der Waals surface area (Å²) in [6.07, 6.45) is 87.8. The lowest BCUT2D eigenvalue weighted by Gasteiger charge is -2.18. The minimum absolute atomic E-state index is 0.0781. The molecule has 1 atom stereocenters. The SMILES string of the molecule is CC/C=C\C/C=C\C/C=C\C/C=C\CCCCCCCCCCCCC(=O)OC(COC(=O)CCCCCCC/C=C\C/C=C\CCCC)COC(=O)CCCCCCCCCCCCCCCCCCCCCCCCCC. The number of hydrogen-bond acceptors (Lipinski definition) is 6. The minimum atomic E-state index is -0.784. The van der Waals surface area contributed by atoms with Crippen molar-refractivity contribution in [1.82, 2.24) is 0 Å². The molecule has 1 unspecified atom stereocenters. The Morgan fingerprint density at radius 1 is 0.266 bits per heavy atom. The van der Waals surface area contributed by atoms with Gasteiger partial charge in [0.1, 0.15) is 13.2 Å². The Balaban J connectivity index is 4.29. The Hall–Kier alpha value is -3.15. The summed E-state index contributed by atoms with van der Waals surface area (Å²) in [5.74, 6) is -0.877. The van der Waals surface area contributed by atoms with Crippen LogP contribution < -0.4 is 0 Å². The van der Waals surface area contributed by atoms with Crippen LogP contribution in [0.1, 0.15) is 355 Å². The van der Waals surface area contributed by atoms with Gasteiger partial charge in [-0.05, 0) is 83.5 Å². The third-order valence-corrected chi connectivity index (χ3v) is 15.2. The predicted octanol–water partition coefficient (Wildman–Crippen LogP) is 23.7. The van der Waals surface area contributed by atoms with Gasteiger partial charge in [0, 0.05) is 19.3 Å². The first-order valence-electron chi connectivity index (χ1n) is 34.4. The summed E-state index contributed by atoms with van der Waals surface area (Å²) in [6, 6.07) is 0. The van der Waals surface area contributed by atoms with Gasteiger partial charge in [0.2, 0.25) is 0 Å². The van der Waals surface area contributed by atoms with Gasteiger partial charge in [0.05, 0.1) is 0 Å². The standard InChI is InChI=1S/C73H130O6/c1-4-7-10-13-16-19-22-25-28-30-32-34-36-38-39-41-43-45-48-51-54-57-60-63-66-72(75)78-69-70(68-77-71(74)65-62-59-56-53-50-47-27-24-21-18-15-12-9-6-3)79-73(76)67-64-61-58-55-52-49-46-44-42-40-37-35-33-31-29-26-23-20-17-14-11-8-5-2/h8,11,15,17-18,20,24,26-27,29,33,35,70H,4-7,9-10,12-14,16,19,21-23,25,28,30-32,34,36-69H2,1-3H3/b11-8-,18-15-,20-17-,27-24-,29-26-,35-33-. The molecule has 0 aliphatic rings. The van der Waals surface area contributed by atoms with Crippen LogP contribution in [0, 0.1) is 0 Å². The van der Waals surface area contributed by atoms with E-state index >= 15 is 0 Å².